The minimum absolute atomic E-state index is 0.0995. The van der Waals surface area contributed by atoms with Crippen molar-refractivity contribution in [3.63, 3.8) is 0 Å². The van der Waals surface area contributed by atoms with Crippen LogP contribution in [-0.4, -0.2) is 12.4 Å². The predicted molar refractivity (Wildman–Crippen MR) is 77.6 cm³/mol. The summed E-state index contributed by atoms with van der Waals surface area (Å²) >= 11 is 3.44. The summed E-state index contributed by atoms with van der Waals surface area (Å²) in [7, 11) is 0. The van der Waals surface area contributed by atoms with Crippen LogP contribution in [0, 0.1) is 0 Å². The number of halogens is 1. The van der Waals surface area contributed by atoms with Gasteiger partial charge < -0.3 is 10.5 Å². The maximum atomic E-state index is 12.6. The molecule has 4 heteroatoms. The Kier molecular flexibility index (Phi) is 3.03. The Bertz CT molecular complexity index is 667. The SMILES string of the molecule is Nc1ccccc1C(=O)c1cc(Br)cc2c1OCC2. The van der Waals surface area contributed by atoms with Crippen molar-refractivity contribution < 1.29 is 9.53 Å². The molecule has 0 amide bonds. The van der Waals surface area contributed by atoms with E-state index in [4.69, 9.17) is 10.5 Å². The molecule has 0 aliphatic carbocycles. The standard InChI is InChI=1S/C15H12BrNO2/c16-10-7-9-5-6-19-15(9)12(8-10)14(18)11-3-1-2-4-13(11)17/h1-4,7-8H,5-6,17H2. The van der Waals surface area contributed by atoms with Crippen LogP contribution < -0.4 is 10.5 Å². The first-order valence-electron chi connectivity index (χ1n) is 6.01. The lowest BCUT2D eigenvalue weighted by atomic mass is 9.99. The Hall–Kier alpha value is -1.81. The largest absolute Gasteiger partial charge is 0.492 e. The molecule has 2 aromatic carbocycles. The van der Waals surface area contributed by atoms with Crippen LogP contribution in [0.1, 0.15) is 21.5 Å². The molecule has 2 N–H and O–H groups in total. The number of anilines is 1. The van der Waals surface area contributed by atoms with Crippen LogP contribution in [0.5, 0.6) is 5.75 Å². The number of carbonyl (C=O) groups excluding carboxylic acids is 1. The van der Waals surface area contributed by atoms with Crippen molar-refractivity contribution in [1.82, 2.24) is 0 Å². The van der Waals surface area contributed by atoms with E-state index in [1.807, 2.05) is 18.2 Å². The number of fused-ring (bicyclic) bond motifs is 1. The Morgan fingerprint density at radius 2 is 2.00 bits per heavy atom. The van der Waals surface area contributed by atoms with Crippen molar-refractivity contribution in [2.45, 2.75) is 6.42 Å². The number of ketones is 1. The van der Waals surface area contributed by atoms with Crippen molar-refractivity contribution in [3.8, 4) is 5.75 Å². The van der Waals surface area contributed by atoms with Crippen molar-refractivity contribution in [2.75, 3.05) is 12.3 Å². The van der Waals surface area contributed by atoms with E-state index in [-0.39, 0.29) is 5.78 Å². The van der Waals surface area contributed by atoms with Gasteiger partial charge in [0, 0.05) is 22.1 Å². The van der Waals surface area contributed by atoms with Gasteiger partial charge in [-0.3, -0.25) is 4.79 Å². The number of rotatable bonds is 2. The summed E-state index contributed by atoms with van der Waals surface area (Å²) in [5.74, 6) is 0.592. The first-order chi connectivity index (χ1) is 9.16. The first kappa shape index (κ1) is 12.2. The van der Waals surface area contributed by atoms with E-state index in [0.717, 1.165) is 16.5 Å². The molecule has 0 unspecified atom stereocenters. The molecule has 2 aromatic rings. The summed E-state index contributed by atoms with van der Waals surface area (Å²) < 4.78 is 6.47. The van der Waals surface area contributed by atoms with E-state index in [1.54, 1.807) is 18.2 Å². The maximum absolute atomic E-state index is 12.6. The normalized spacial score (nSPS) is 12.9. The molecule has 0 fully saturated rings. The fourth-order valence-corrected chi connectivity index (χ4v) is 2.79. The average molecular weight is 318 g/mol. The third kappa shape index (κ3) is 2.12. The molecule has 0 saturated heterocycles. The molecule has 0 bridgehead atoms. The lowest BCUT2D eigenvalue weighted by molar-refractivity contribution is 0.103. The van der Waals surface area contributed by atoms with Gasteiger partial charge in [0.25, 0.3) is 0 Å². The van der Waals surface area contributed by atoms with E-state index in [9.17, 15) is 4.79 Å². The zero-order valence-electron chi connectivity index (χ0n) is 10.2. The average Bonchev–Trinajstić information content (AvgIpc) is 2.85. The summed E-state index contributed by atoms with van der Waals surface area (Å²) in [4.78, 5) is 12.6. The summed E-state index contributed by atoms with van der Waals surface area (Å²) in [5.41, 5.74) is 8.50. The predicted octanol–water partition coefficient (Wildman–Crippen LogP) is 3.20. The molecule has 0 atom stereocenters. The number of nitrogen functional groups attached to an aromatic ring is 1. The minimum Gasteiger partial charge on any atom is -0.492 e. The molecular weight excluding hydrogens is 306 g/mol. The smallest absolute Gasteiger partial charge is 0.198 e. The molecule has 19 heavy (non-hydrogen) atoms. The van der Waals surface area contributed by atoms with Gasteiger partial charge in [0.1, 0.15) is 5.75 Å². The van der Waals surface area contributed by atoms with Crippen LogP contribution in [-0.2, 0) is 6.42 Å². The molecular formula is C15H12BrNO2. The van der Waals surface area contributed by atoms with Crippen molar-refractivity contribution in [3.05, 3.63) is 57.6 Å². The summed E-state index contributed by atoms with van der Waals surface area (Å²) in [6.45, 7) is 0.621. The zero-order valence-corrected chi connectivity index (χ0v) is 11.7. The number of benzene rings is 2. The number of hydrogen-bond donors (Lipinski definition) is 1. The molecule has 1 aliphatic rings. The summed E-state index contributed by atoms with van der Waals surface area (Å²) in [6, 6.07) is 10.9. The van der Waals surface area contributed by atoms with Crippen LogP contribution in [0.4, 0.5) is 5.69 Å². The minimum atomic E-state index is -0.0995. The summed E-state index contributed by atoms with van der Waals surface area (Å²) in [6.07, 6.45) is 0.833. The van der Waals surface area contributed by atoms with E-state index >= 15 is 0 Å². The molecule has 1 aliphatic heterocycles. The van der Waals surface area contributed by atoms with Gasteiger partial charge in [-0.05, 0) is 29.8 Å². The highest BCUT2D eigenvalue weighted by molar-refractivity contribution is 9.10. The number of ether oxygens (including phenoxy) is 1. The summed E-state index contributed by atoms with van der Waals surface area (Å²) in [5, 5.41) is 0. The second-order valence-electron chi connectivity index (χ2n) is 4.46. The van der Waals surface area contributed by atoms with E-state index in [1.165, 1.54) is 0 Å². The zero-order chi connectivity index (χ0) is 13.4. The lowest BCUT2D eigenvalue weighted by Crippen LogP contribution is -2.07. The molecule has 3 rings (SSSR count). The quantitative estimate of drug-likeness (QED) is 0.683. The van der Waals surface area contributed by atoms with Gasteiger partial charge in [0.2, 0.25) is 0 Å². The van der Waals surface area contributed by atoms with Gasteiger partial charge in [0.05, 0.1) is 12.2 Å². The lowest BCUT2D eigenvalue weighted by Gasteiger charge is -2.09. The van der Waals surface area contributed by atoms with E-state index < -0.39 is 0 Å². The molecule has 0 saturated carbocycles. The van der Waals surface area contributed by atoms with Gasteiger partial charge in [-0.1, -0.05) is 28.1 Å². The number of para-hydroxylation sites is 1. The number of carbonyl (C=O) groups is 1. The van der Waals surface area contributed by atoms with Crippen LogP contribution in [0.25, 0.3) is 0 Å². The van der Waals surface area contributed by atoms with Crippen molar-refractivity contribution >= 4 is 27.4 Å². The molecule has 96 valence electrons. The van der Waals surface area contributed by atoms with E-state index in [0.29, 0.717) is 29.2 Å². The highest BCUT2D eigenvalue weighted by Crippen LogP contribution is 2.34. The van der Waals surface area contributed by atoms with E-state index in [2.05, 4.69) is 15.9 Å². The molecule has 1 heterocycles. The van der Waals surface area contributed by atoms with Crippen LogP contribution in [0.15, 0.2) is 40.9 Å². The number of nitrogens with two attached hydrogens (primary N) is 1. The van der Waals surface area contributed by atoms with Gasteiger partial charge in [0.15, 0.2) is 5.78 Å². The molecule has 0 spiro atoms. The fraction of sp³-hybridized carbons (Fsp3) is 0.133. The topological polar surface area (TPSA) is 52.3 Å². The third-order valence-corrected chi connectivity index (χ3v) is 3.66. The highest BCUT2D eigenvalue weighted by Gasteiger charge is 2.23. The van der Waals surface area contributed by atoms with Crippen molar-refractivity contribution in [1.29, 1.82) is 0 Å². The van der Waals surface area contributed by atoms with Gasteiger partial charge in [-0.2, -0.15) is 0 Å². The van der Waals surface area contributed by atoms with Gasteiger partial charge >= 0.3 is 0 Å². The molecule has 0 aromatic heterocycles. The molecule has 0 radical (unpaired) electrons. The fourth-order valence-electron chi connectivity index (χ4n) is 2.29. The van der Waals surface area contributed by atoms with Crippen LogP contribution in [0.2, 0.25) is 0 Å². The maximum Gasteiger partial charge on any atom is 0.198 e. The van der Waals surface area contributed by atoms with Crippen LogP contribution in [0.3, 0.4) is 0 Å². The highest BCUT2D eigenvalue weighted by atomic mass is 79.9. The second kappa shape index (κ2) is 4.70. The Morgan fingerprint density at radius 1 is 1.21 bits per heavy atom. The third-order valence-electron chi connectivity index (χ3n) is 3.20. The molecule has 3 nitrogen and oxygen atoms in total. The van der Waals surface area contributed by atoms with Gasteiger partial charge in [-0.25, -0.2) is 0 Å². The Balaban J connectivity index is 2.13. The Morgan fingerprint density at radius 3 is 2.79 bits per heavy atom. The van der Waals surface area contributed by atoms with Crippen LogP contribution >= 0.6 is 15.9 Å². The van der Waals surface area contributed by atoms with Crippen molar-refractivity contribution in [2.24, 2.45) is 0 Å². The monoisotopic (exact) mass is 317 g/mol. The first-order valence-corrected chi connectivity index (χ1v) is 6.80. The van der Waals surface area contributed by atoms with Gasteiger partial charge in [-0.15, -0.1) is 0 Å². The Labute approximate surface area is 119 Å². The second-order valence-corrected chi connectivity index (χ2v) is 5.37. The number of hydrogen-bond acceptors (Lipinski definition) is 3.